The third kappa shape index (κ3) is 4.14. The number of hydrogen-bond acceptors (Lipinski definition) is 6. The molecule has 19 heavy (non-hydrogen) atoms. The quantitative estimate of drug-likeness (QED) is 0.448. The highest BCUT2D eigenvalue weighted by atomic mass is 79.9. The highest BCUT2D eigenvalue weighted by molar-refractivity contribution is 9.10. The van der Waals surface area contributed by atoms with Gasteiger partial charge in [0.15, 0.2) is 5.78 Å². The second kappa shape index (κ2) is 7.40. The van der Waals surface area contributed by atoms with Crippen molar-refractivity contribution in [2.24, 2.45) is 5.92 Å². The predicted molar refractivity (Wildman–Crippen MR) is 73.1 cm³/mol. The first-order valence-electron chi connectivity index (χ1n) is 5.62. The molecule has 0 aliphatic rings. The summed E-state index contributed by atoms with van der Waals surface area (Å²) >= 11 is 4.36. The van der Waals surface area contributed by atoms with Crippen LogP contribution in [-0.2, 0) is 19.1 Å². The second-order valence-corrected chi connectivity index (χ2v) is 5.26. The van der Waals surface area contributed by atoms with E-state index in [4.69, 9.17) is 9.47 Å². The fourth-order valence-electron chi connectivity index (χ4n) is 1.35. The normalized spacial score (nSPS) is 10.3. The van der Waals surface area contributed by atoms with Crippen LogP contribution in [0, 0.1) is 5.92 Å². The van der Waals surface area contributed by atoms with Crippen molar-refractivity contribution >= 4 is 45.0 Å². The van der Waals surface area contributed by atoms with Gasteiger partial charge in [0.25, 0.3) is 0 Å². The van der Waals surface area contributed by atoms with Crippen LogP contribution in [-0.4, -0.2) is 30.9 Å². The number of ketones is 1. The maximum absolute atomic E-state index is 12.2. The predicted octanol–water partition coefficient (Wildman–Crippen LogP) is 2.44. The highest BCUT2D eigenvalue weighted by Gasteiger charge is 2.38. The molecular formula is C12H13BrO5S. The van der Waals surface area contributed by atoms with Crippen LogP contribution in [0.5, 0.6) is 0 Å². The van der Waals surface area contributed by atoms with Crippen LogP contribution in [0.1, 0.15) is 23.5 Å². The Morgan fingerprint density at radius 2 is 1.74 bits per heavy atom. The van der Waals surface area contributed by atoms with Gasteiger partial charge in [-0.25, -0.2) is 0 Å². The van der Waals surface area contributed by atoms with E-state index in [1.54, 1.807) is 25.3 Å². The summed E-state index contributed by atoms with van der Waals surface area (Å²) in [6, 6.07) is 1.55. The van der Waals surface area contributed by atoms with Gasteiger partial charge in [0.1, 0.15) is 0 Å². The summed E-state index contributed by atoms with van der Waals surface area (Å²) in [5, 5.41) is 1.70. The lowest BCUT2D eigenvalue weighted by Gasteiger charge is -2.12. The molecule has 0 radical (unpaired) electrons. The molecule has 0 aromatic carbocycles. The number of ether oxygens (including phenoxy) is 2. The summed E-state index contributed by atoms with van der Waals surface area (Å²) in [5.74, 6) is -3.91. The number of thiophene rings is 1. The molecule has 0 saturated carbocycles. The Balaban J connectivity index is 2.98. The van der Waals surface area contributed by atoms with Gasteiger partial charge in [-0.3, -0.25) is 14.4 Å². The molecule has 0 spiro atoms. The first-order valence-corrected chi connectivity index (χ1v) is 7.30. The molecule has 0 fully saturated rings. The van der Waals surface area contributed by atoms with Crippen LogP contribution < -0.4 is 0 Å². The van der Waals surface area contributed by atoms with Crippen LogP contribution in [0.3, 0.4) is 0 Å². The average Bonchev–Trinajstić information content (AvgIpc) is 2.76. The third-order valence-corrected chi connectivity index (χ3v) is 3.82. The number of carbonyl (C=O) groups is 3. The number of hydrogen-bond donors (Lipinski definition) is 0. The Kier molecular flexibility index (Phi) is 6.17. The van der Waals surface area contributed by atoms with E-state index in [1.807, 2.05) is 0 Å². The molecular weight excluding hydrogens is 336 g/mol. The SMILES string of the molecule is CCOC(=O)C(C(=O)OCC)C(=O)c1cc(Br)cs1. The third-order valence-electron chi connectivity index (χ3n) is 2.12. The van der Waals surface area contributed by atoms with Crippen molar-refractivity contribution in [2.45, 2.75) is 13.8 Å². The molecule has 1 aromatic rings. The lowest BCUT2D eigenvalue weighted by Crippen LogP contribution is -2.34. The smallest absolute Gasteiger partial charge is 0.328 e. The first kappa shape index (κ1) is 15.8. The van der Waals surface area contributed by atoms with Crippen molar-refractivity contribution in [3.8, 4) is 0 Å². The lowest BCUT2D eigenvalue weighted by molar-refractivity contribution is -0.158. The largest absolute Gasteiger partial charge is 0.465 e. The molecule has 0 bridgehead atoms. The first-order chi connectivity index (χ1) is 9.01. The Labute approximate surface area is 123 Å². The number of esters is 2. The summed E-state index contributed by atoms with van der Waals surface area (Å²) in [6.07, 6.45) is 0. The van der Waals surface area contributed by atoms with E-state index in [2.05, 4.69) is 15.9 Å². The maximum Gasteiger partial charge on any atom is 0.328 e. The van der Waals surface area contributed by atoms with Crippen molar-refractivity contribution in [1.82, 2.24) is 0 Å². The molecule has 1 heterocycles. The molecule has 0 aliphatic carbocycles. The summed E-state index contributed by atoms with van der Waals surface area (Å²) < 4.78 is 10.2. The van der Waals surface area contributed by atoms with Crippen molar-refractivity contribution in [1.29, 1.82) is 0 Å². The minimum absolute atomic E-state index is 0.0934. The van der Waals surface area contributed by atoms with Crippen LogP contribution >= 0.6 is 27.3 Å². The molecule has 5 nitrogen and oxygen atoms in total. The molecule has 0 saturated heterocycles. The van der Waals surface area contributed by atoms with Crippen LogP contribution in [0.25, 0.3) is 0 Å². The number of Topliss-reactive ketones (excluding diaryl/α,β-unsaturated/α-hetero) is 1. The molecule has 7 heteroatoms. The number of carbonyl (C=O) groups excluding carboxylic acids is 3. The number of halogens is 1. The van der Waals surface area contributed by atoms with Crippen molar-refractivity contribution in [3.05, 3.63) is 20.8 Å². The lowest BCUT2D eigenvalue weighted by atomic mass is 10.0. The van der Waals surface area contributed by atoms with Gasteiger partial charge < -0.3 is 9.47 Å². The van der Waals surface area contributed by atoms with Gasteiger partial charge in [-0.1, -0.05) is 0 Å². The Bertz CT molecular complexity index is 464. The maximum atomic E-state index is 12.2. The zero-order valence-electron chi connectivity index (χ0n) is 10.5. The number of rotatable bonds is 6. The van der Waals surface area contributed by atoms with E-state index in [9.17, 15) is 14.4 Å². The molecule has 104 valence electrons. The van der Waals surface area contributed by atoms with Gasteiger partial charge in [0, 0.05) is 9.85 Å². The standard InChI is InChI=1S/C12H13BrO5S/c1-3-17-11(15)9(12(16)18-4-2)10(14)8-5-7(13)6-19-8/h5-6,9H,3-4H2,1-2H3. The zero-order valence-corrected chi connectivity index (χ0v) is 12.9. The van der Waals surface area contributed by atoms with Gasteiger partial charge in [-0.2, -0.15) is 0 Å². The van der Waals surface area contributed by atoms with E-state index in [0.717, 1.165) is 11.3 Å². The van der Waals surface area contributed by atoms with Gasteiger partial charge in [-0.05, 0) is 35.8 Å². The average molecular weight is 349 g/mol. The van der Waals surface area contributed by atoms with Gasteiger partial charge in [0.2, 0.25) is 5.92 Å². The second-order valence-electron chi connectivity index (χ2n) is 3.43. The molecule has 0 aliphatic heterocycles. The van der Waals surface area contributed by atoms with Gasteiger partial charge in [-0.15, -0.1) is 11.3 Å². The van der Waals surface area contributed by atoms with Crippen molar-refractivity contribution in [2.75, 3.05) is 13.2 Å². The minimum Gasteiger partial charge on any atom is -0.465 e. The highest BCUT2D eigenvalue weighted by Crippen LogP contribution is 2.23. The molecule has 0 N–H and O–H groups in total. The van der Waals surface area contributed by atoms with E-state index in [-0.39, 0.29) is 13.2 Å². The minimum atomic E-state index is -1.55. The van der Waals surface area contributed by atoms with Crippen LogP contribution in [0.4, 0.5) is 0 Å². The Morgan fingerprint density at radius 3 is 2.11 bits per heavy atom. The summed E-state index contributed by atoms with van der Waals surface area (Å²) in [6.45, 7) is 3.39. The van der Waals surface area contributed by atoms with Crippen molar-refractivity contribution in [3.63, 3.8) is 0 Å². The zero-order chi connectivity index (χ0) is 14.4. The molecule has 0 amide bonds. The molecule has 1 rings (SSSR count). The molecule has 1 aromatic heterocycles. The summed E-state index contributed by atoms with van der Waals surface area (Å²) in [7, 11) is 0. The topological polar surface area (TPSA) is 69.7 Å². The Morgan fingerprint density at radius 1 is 1.21 bits per heavy atom. The van der Waals surface area contributed by atoms with E-state index >= 15 is 0 Å². The van der Waals surface area contributed by atoms with Crippen LogP contribution in [0.2, 0.25) is 0 Å². The van der Waals surface area contributed by atoms with E-state index in [0.29, 0.717) is 9.35 Å². The molecule has 0 unspecified atom stereocenters. The van der Waals surface area contributed by atoms with E-state index < -0.39 is 23.6 Å². The summed E-state index contributed by atoms with van der Waals surface area (Å²) in [4.78, 5) is 35.9. The Hall–Kier alpha value is -1.21. The monoisotopic (exact) mass is 348 g/mol. The van der Waals surface area contributed by atoms with Gasteiger partial charge in [0.05, 0.1) is 18.1 Å². The summed E-state index contributed by atoms with van der Waals surface area (Å²) in [5.41, 5.74) is 0. The van der Waals surface area contributed by atoms with Crippen LogP contribution in [0.15, 0.2) is 15.9 Å². The van der Waals surface area contributed by atoms with E-state index in [1.165, 1.54) is 0 Å². The fraction of sp³-hybridized carbons (Fsp3) is 0.417. The van der Waals surface area contributed by atoms with Gasteiger partial charge >= 0.3 is 11.9 Å². The fourth-order valence-corrected chi connectivity index (χ4v) is 2.74. The van der Waals surface area contributed by atoms with Crippen molar-refractivity contribution < 1.29 is 23.9 Å². The molecule has 0 atom stereocenters.